The molecule has 9 nitrogen and oxygen atoms in total. The maximum Gasteiger partial charge on any atom is 0.337 e. The molecule has 0 spiro atoms. The second-order valence-corrected chi connectivity index (χ2v) is 8.79. The fourth-order valence-corrected chi connectivity index (χ4v) is 4.02. The predicted molar refractivity (Wildman–Crippen MR) is 141 cm³/mol. The Labute approximate surface area is 227 Å². The van der Waals surface area contributed by atoms with Gasteiger partial charge in [0.05, 0.1) is 30.5 Å². The summed E-state index contributed by atoms with van der Waals surface area (Å²) >= 11 is 12.4. The molecule has 3 aromatic rings. The zero-order chi connectivity index (χ0) is 27.4. The normalized spacial score (nSPS) is 14.4. The summed E-state index contributed by atoms with van der Waals surface area (Å²) in [5.41, 5.74) is 1.29. The highest BCUT2D eigenvalue weighted by Crippen LogP contribution is 2.38. The van der Waals surface area contributed by atoms with Gasteiger partial charge in [-0.1, -0.05) is 35.3 Å². The number of barbiturate groups is 1. The van der Waals surface area contributed by atoms with Gasteiger partial charge in [-0.3, -0.25) is 14.9 Å². The molecular weight excluding hydrogens is 535 g/mol. The molecule has 0 saturated carbocycles. The highest BCUT2D eigenvalue weighted by atomic mass is 35.5. The Bertz CT molecular complexity index is 1450. The summed E-state index contributed by atoms with van der Waals surface area (Å²) in [7, 11) is 2.66. The minimum absolute atomic E-state index is 0.153. The molecular formula is C27H20Cl2N2O7. The number of rotatable bonds is 7. The molecule has 3 aromatic carbocycles. The number of carbonyl (C=O) groups is 4. The number of carbonyl (C=O) groups excluding carboxylic acids is 4. The smallest absolute Gasteiger partial charge is 0.337 e. The molecule has 1 aliphatic heterocycles. The quantitative estimate of drug-likeness (QED) is 0.247. The number of benzene rings is 3. The van der Waals surface area contributed by atoms with Crippen molar-refractivity contribution in [1.82, 2.24) is 5.32 Å². The number of anilines is 1. The number of nitrogens with one attached hydrogen (secondary N) is 1. The van der Waals surface area contributed by atoms with Gasteiger partial charge in [0.1, 0.15) is 12.2 Å². The van der Waals surface area contributed by atoms with E-state index in [-0.39, 0.29) is 40.0 Å². The van der Waals surface area contributed by atoms with Crippen molar-refractivity contribution in [3.8, 4) is 11.5 Å². The fraction of sp³-hybridized carbons (Fsp3) is 0.111. The Kier molecular flexibility index (Phi) is 7.99. The van der Waals surface area contributed by atoms with Crippen molar-refractivity contribution in [2.45, 2.75) is 6.61 Å². The van der Waals surface area contributed by atoms with E-state index in [1.165, 1.54) is 50.6 Å². The number of imide groups is 2. The number of hydrogen-bond donors (Lipinski definition) is 1. The van der Waals surface area contributed by atoms with Crippen LogP contribution < -0.4 is 19.7 Å². The molecule has 0 bridgehead atoms. The molecule has 38 heavy (non-hydrogen) atoms. The first-order valence-electron chi connectivity index (χ1n) is 11.1. The molecule has 0 aromatic heterocycles. The Hall–Kier alpha value is -4.34. The molecule has 0 atom stereocenters. The molecule has 0 radical (unpaired) electrons. The van der Waals surface area contributed by atoms with Gasteiger partial charge >= 0.3 is 12.0 Å². The lowest BCUT2D eigenvalue weighted by Gasteiger charge is -2.26. The highest BCUT2D eigenvalue weighted by molar-refractivity contribution is 6.39. The number of methoxy groups -OCH3 is 2. The van der Waals surface area contributed by atoms with E-state index in [2.05, 4.69) is 10.1 Å². The molecule has 4 rings (SSSR count). The third-order valence-corrected chi connectivity index (χ3v) is 6.04. The van der Waals surface area contributed by atoms with Gasteiger partial charge in [-0.2, -0.15) is 0 Å². The van der Waals surface area contributed by atoms with Crippen LogP contribution in [0.15, 0.2) is 66.2 Å². The molecule has 11 heteroatoms. The number of amides is 4. The average Bonchev–Trinajstić information content (AvgIpc) is 2.91. The lowest BCUT2D eigenvalue weighted by molar-refractivity contribution is -0.122. The predicted octanol–water partition coefficient (Wildman–Crippen LogP) is 5.03. The van der Waals surface area contributed by atoms with Crippen LogP contribution in [0.3, 0.4) is 0 Å². The van der Waals surface area contributed by atoms with Crippen LogP contribution in [0.5, 0.6) is 11.5 Å². The first kappa shape index (κ1) is 26.7. The second kappa shape index (κ2) is 11.4. The maximum absolute atomic E-state index is 13.2. The molecule has 1 heterocycles. The standard InChI is InChI=1S/C27H20Cl2N2O7/c1-36-22-13-16(12-21(29)23(22)38-14-15-3-7-18(28)8-4-15)11-20-24(32)30-27(35)31(25(20)33)19-9-5-17(6-10-19)26(34)37-2/h3-13H,14H2,1-2H3,(H,30,32,35)/b20-11+. The summed E-state index contributed by atoms with van der Waals surface area (Å²) in [6, 6.07) is 14.8. The van der Waals surface area contributed by atoms with Gasteiger partial charge in [0.2, 0.25) is 0 Å². The third kappa shape index (κ3) is 5.64. The molecule has 1 fully saturated rings. The third-order valence-electron chi connectivity index (χ3n) is 5.51. The second-order valence-electron chi connectivity index (χ2n) is 7.95. The molecule has 194 valence electrons. The van der Waals surface area contributed by atoms with E-state index >= 15 is 0 Å². The van der Waals surface area contributed by atoms with Crippen molar-refractivity contribution in [2.24, 2.45) is 0 Å². The summed E-state index contributed by atoms with van der Waals surface area (Å²) < 4.78 is 15.9. The van der Waals surface area contributed by atoms with Crippen molar-refractivity contribution < 1.29 is 33.4 Å². The number of hydrogen-bond acceptors (Lipinski definition) is 7. The molecule has 4 amide bonds. The van der Waals surface area contributed by atoms with Crippen LogP contribution in [-0.4, -0.2) is 38.0 Å². The molecule has 0 aliphatic carbocycles. The van der Waals surface area contributed by atoms with E-state index in [1.807, 2.05) is 12.1 Å². The van der Waals surface area contributed by atoms with Crippen molar-refractivity contribution >= 4 is 58.8 Å². The van der Waals surface area contributed by atoms with Crippen LogP contribution in [-0.2, 0) is 20.9 Å². The summed E-state index contributed by atoms with van der Waals surface area (Å²) in [5.74, 6) is -1.77. The molecule has 1 N–H and O–H groups in total. The van der Waals surface area contributed by atoms with Crippen LogP contribution in [0, 0.1) is 0 Å². The van der Waals surface area contributed by atoms with E-state index in [9.17, 15) is 19.2 Å². The van der Waals surface area contributed by atoms with Gasteiger partial charge < -0.3 is 14.2 Å². The van der Waals surface area contributed by atoms with Crippen LogP contribution in [0.4, 0.5) is 10.5 Å². The van der Waals surface area contributed by atoms with Crippen molar-refractivity contribution in [3.63, 3.8) is 0 Å². The van der Waals surface area contributed by atoms with Crippen LogP contribution in [0.25, 0.3) is 6.08 Å². The minimum Gasteiger partial charge on any atom is -0.493 e. The minimum atomic E-state index is -0.926. The van der Waals surface area contributed by atoms with Gasteiger partial charge in [0.15, 0.2) is 11.5 Å². The lowest BCUT2D eigenvalue weighted by Crippen LogP contribution is -2.54. The SMILES string of the molecule is COC(=O)c1ccc(N2C(=O)NC(=O)/C(=C\c3cc(Cl)c(OCc4ccc(Cl)cc4)c(OC)c3)C2=O)cc1. The number of halogens is 2. The van der Waals surface area contributed by atoms with Crippen molar-refractivity contribution in [2.75, 3.05) is 19.1 Å². The van der Waals surface area contributed by atoms with Gasteiger partial charge in [-0.05, 0) is 65.7 Å². The van der Waals surface area contributed by atoms with E-state index in [0.29, 0.717) is 10.6 Å². The maximum atomic E-state index is 13.2. The molecule has 1 aliphatic rings. The average molecular weight is 555 g/mol. The Morgan fingerprint density at radius 3 is 2.29 bits per heavy atom. The Balaban J connectivity index is 1.61. The van der Waals surface area contributed by atoms with E-state index < -0.39 is 23.8 Å². The van der Waals surface area contributed by atoms with Crippen molar-refractivity contribution in [3.05, 3.63) is 93.0 Å². The summed E-state index contributed by atoms with van der Waals surface area (Å²) in [6.07, 6.45) is 1.29. The summed E-state index contributed by atoms with van der Waals surface area (Å²) in [6.45, 7) is 0.195. The van der Waals surface area contributed by atoms with Gasteiger partial charge in [0.25, 0.3) is 11.8 Å². The lowest BCUT2D eigenvalue weighted by atomic mass is 10.1. The first-order valence-corrected chi connectivity index (χ1v) is 11.8. The van der Waals surface area contributed by atoms with E-state index in [0.717, 1.165) is 10.5 Å². The van der Waals surface area contributed by atoms with Gasteiger partial charge in [-0.25, -0.2) is 14.5 Å². The summed E-state index contributed by atoms with van der Waals surface area (Å²) in [5, 5.41) is 2.92. The van der Waals surface area contributed by atoms with E-state index in [1.54, 1.807) is 18.2 Å². The molecule has 1 saturated heterocycles. The number of nitrogens with zero attached hydrogens (tertiary/aromatic N) is 1. The monoisotopic (exact) mass is 554 g/mol. The first-order chi connectivity index (χ1) is 18.2. The van der Waals surface area contributed by atoms with Gasteiger partial charge in [-0.15, -0.1) is 0 Å². The zero-order valence-electron chi connectivity index (χ0n) is 20.1. The topological polar surface area (TPSA) is 111 Å². The fourth-order valence-electron chi connectivity index (χ4n) is 3.62. The Morgan fingerprint density at radius 2 is 1.66 bits per heavy atom. The number of urea groups is 1. The zero-order valence-corrected chi connectivity index (χ0v) is 21.6. The highest BCUT2D eigenvalue weighted by Gasteiger charge is 2.37. The van der Waals surface area contributed by atoms with Crippen LogP contribution in [0.2, 0.25) is 10.0 Å². The van der Waals surface area contributed by atoms with Crippen LogP contribution >= 0.6 is 23.2 Å². The van der Waals surface area contributed by atoms with E-state index in [4.69, 9.17) is 32.7 Å². The molecule has 0 unspecified atom stereocenters. The number of ether oxygens (including phenoxy) is 3. The Morgan fingerprint density at radius 1 is 0.974 bits per heavy atom. The van der Waals surface area contributed by atoms with Gasteiger partial charge in [0, 0.05) is 5.02 Å². The van der Waals surface area contributed by atoms with Crippen LogP contribution in [0.1, 0.15) is 21.5 Å². The number of esters is 1. The summed E-state index contributed by atoms with van der Waals surface area (Å²) in [4.78, 5) is 50.7. The van der Waals surface area contributed by atoms with Crippen molar-refractivity contribution in [1.29, 1.82) is 0 Å². The largest absolute Gasteiger partial charge is 0.493 e.